The molecule has 2 nitrogen and oxygen atoms in total. The third kappa shape index (κ3) is 5.25. The summed E-state index contributed by atoms with van der Waals surface area (Å²) in [5.74, 6) is 1.84. The fourth-order valence-corrected chi connectivity index (χ4v) is 4.58. The smallest absolute Gasteiger partial charge is 0.0108 e. The molecule has 0 bridgehead atoms. The van der Waals surface area contributed by atoms with Crippen molar-refractivity contribution in [1.29, 1.82) is 0 Å². The molecule has 21 heavy (non-hydrogen) atoms. The van der Waals surface area contributed by atoms with Crippen LogP contribution in [0.5, 0.6) is 0 Å². The molecule has 0 amide bonds. The highest BCUT2D eigenvalue weighted by atomic mass is 15.2. The predicted molar refractivity (Wildman–Crippen MR) is 92.7 cm³/mol. The third-order valence-corrected chi connectivity index (χ3v) is 5.73. The van der Waals surface area contributed by atoms with E-state index in [-0.39, 0.29) is 0 Å². The van der Waals surface area contributed by atoms with Gasteiger partial charge in [-0.1, -0.05) is 34.1 Å². The summed E-state index contributed by atoms with van der Waals surface area (Å²) in [6.07, 6.45) is 9.67. The highest BCUT2D eigenvalue weighted by molar-refractivity contribution is 4.91. The Morgan fingerprint density at radius 1 is 1.14 bits per heavy atom. The molecule has 0 aromatic carbocycles. The molecule has 0 aromatic heterocycles. The fourth-order valence-electron chi connectivity index (χ4n) is 4.58. The van der Waals surface area contributed by atoms with Gasteiger partial charge < -0.3 is 10.2 Å². The standard InChI is InChI=1S/C19H38N2/c1-5-7-16-9-12-21(14-16)15-17-13-19(3,4)10-8-18(17)20-11-6-2/h16-18,20H,5-15H2,1-4H3. The normalized spacial score (nSPS) is 33.4. The van der Waals surface area contributed by atoms with Gasteiger partial charge in [0.15, 0.2) is 0 Å². The van der Waals surface area contributed by atoms with Crippen molar-refractivity contribution in [2.45, 2.75) is 78.7 Å². The van der Waals surface area contributed by atoms with Gasteiger partial charge in [-0.05, 0) is 68.9 Å². The Bertz CT molecular complexity index is 300. The molecule has 0 spiro atoms. The van der Waals surface area contributed by atoms with Crippen LogP contribution in [0.4, 0.5) is 0 Å². The minimum absolute atomic E-state index is 0.553. The highest BCUT2D eigenvalue weighted by Crippen LogP contribution is 2.39. The number of hydrogen-bond donors (Lipinski definition) is 1. The van der Waals surface area contributed by atoms with E-state index >= 15 is 0 Å². The minimum Gasteiger partial charge on any atom is -0.314 e. The number of hydrogen-bond acceptors (Lipinski definition) is 2. The SMILES string of the molecule is CCCNC1CCC(C)(C)CC1CN1CCC(CCC)C1. The molecule has 2 aliphatic rings. The van der Waals surface area contributed by atoms with E-state index < -0.39 is 0 Å². The van der Waals surface area contributed by atoms with Crippen LogP contribution in [0.15, 0.2) is 0 Å². The zero-order valence-corrected chi connectivity index (χ0v) is 15.0. The lowest BCUT2D eigenvalue weighted by Gasteiger charge is -2.42. The Labute approximate surface area is 133 Å². The van der Waals surface area contributed by atoms with Crippen LogP contribution in [-0.4, -0.2) is 37.1 Å². The molecule has 124 valence electrons. The lowest BCUT2D eigenvalue weighted by Crippen LogP contribution is -2.47. The van der Waals surface area contributed by atoms with Crippen molar-refractivity contribution in [3.05, 3.63) is 0 Å². The Kier molecular flexibility index (Phi) is 6.55. The third-order valence-electron chi connectivity index (χ3n) is 5.73. The molecule has 1 saturated heterocycles. The van der Waals surface area contributed by atoms with Gasteiger partial charge in [0, 0.05) is 19.1 Å². The number of nitrogens with one attached hydrogen (secondary N) is 1. The van der Waals surface area contributed by atoms with Gasteiger partial charge in [0.25, 0.3) is 0 Å². The van der Waals surface area contributed by atoms with E-state index in [0.29, 0.717) is 5.41 Å². The van der Waals surface area contributed by atoms with E-state index in [1.807, 2.05) is 0 Å². The van der Waals surface area contributed by atoms with Crippen LogP contribution in [0.1, 0.15) is 72.6 Å². The molecule has 1 saturated carbocycles. The highest BCUT2D eigenvalue weighted by Gasteiger charge is 2.36. The average Bonchev–Trinajstić information content (AvgIpc) is 2.85. The Balaban J connectivity index is 1.87. The maximum Gasteiger partial charge on any atom is 0.0108 e. The van der Waals surface area contributed by atoms with Gasteiger partial charge in [0.2, 0.25) is 0 Å². The molecule has 1 N–H and O–H groups in total. The molecule has 2 rings (SSSR count). The van der Waals surface area contributed by atoms with E-state index in [9.17, 15) is 0 Å². The summed E-state index contributed by atoms with van der Waals surface area (Å²) in [5, 5.41) is 3.84. The second kappa shape index (κ2) is 7.97. The number of rotatable bonds is 7. The van der Waals surface area contributed by atoms with Gasteiger partial charge in [-0.2, -0.15) is 0 Å². The van der Waals surface area contributed by atoms with Crippen LogP contribution >= 0.6 is 0 Å². The Morgan fingerprint density at radius 3 is 2.67 bits per heavy atom. The predicted octanol–water partition coefficient (Wildman–Crippen LogP) is 4.30. The van der Waals surface area contributed by atoms with Crippen molar-refractivity contribution in [2.24, 2.45) is 17.3 Å². The monoisotopic (exact) mass is 294 g/mol. The summed E-state index contributed by atoms with van der Waals surface area (Å²) in [7, 11) is 0. The van der Waals surface area contributed by atoms with E-state index in [1.165, 1.54) is 71.1 Å². The Morgan fingerprint density at radius 2 is 1.95 bits per heavy atom. The van der Waals surface area contributed by atoms with Crippen LogP contribution in [0.3, 0.4) is 0 Å². The largest absolute Gasteiger partial charge is 0.314 e. The van der Waals surface area contributed by atoms with E-state index in [0.717, 1.165) is 17.9 Å². The second-order valence-electron chi connectivity index (χ2n) is 8.43. The van der Waals surface area contributed by atoms with Gasteiger partial charge in [-0.3, -0.25) is 0 Å². The van der Waals surface area contributed by atoms with Crippen LogP contribution in [0.2, 0.25) is 0 Å². The summed E-state index contributed by atoms with van der Waals surface area (Å²) in [6.45, 7) is 14.8. The lowest BCUT2D eigenvalue weighted by molar-refractivity contribution is 0.107. The van der Waals surface area contributed by atoms with Crippen molar-refractivity contribution in [3.8, 4) is 0 Å². The van der Waals surface area contributed by atoms with Crippen molar-refractivity contribution in [1.82, 2.24) is 10.2 Å². The Hall–Kier alpha value is -0.0800. The molecule has 1 aliphatic heterocycles. The molecular weight excluding hydrogens is 256 g/mol. The topological polar surface area (TPSA) is 15.3 Å². The van der Waals surface area contributed by atoms with Crippen molar-refractivity contribution in [2.75, 3.05) is 26.2 Å². The zero-order chi connectivity index (χ0) is 15.3. The second-order valence-corrected chi connectivity index (χ2v) is 8.43. The van der Waals surface area contributed by atoms with Gasteiger partial charge in [0.1, 0.15) is 0 Å². The van der Waals surface area contributed by atoms with Gasteiger partial charge in [-0.25, -0.2) is 0 Å². The lowest BCUT2D eigenvalue weighted by atomic mass is 9.69. The molecular formula is C19H38N2. The minimum atomic E-state index is 0.553. The van der Waals surface area contributed by atoms with E-state index in [2.05, 4.69) is 37.9 Å². The average molecular weight is 295 g/mol. The summed E-state index contributed by atoms with van der Waals surface area (Å²) in [4.78, 5) is 2.77. The summed E-state index contributed by atoms with van der Waals surface area (Å²) < 4.78 is 0. The molecule has 1 aliphatic carbocycles. The first-order chi connectivity index (χ1) is 10.0. The van der Waals surface area contributed by atoms with Crippen molar-refractivity contribution < 1.29 is 0 Å². The number of likely N-dealkylation sites (tertiary alicyclic amines) is 1. The molecule has 3 unspecified atom stereocenters. The summed E-state index contributed by atoms with van der Waals surface area (Å²) in [6, 6.07) is 0.767. The quantitative estimate of drug-likeness (QED) is 0.753. The number of nitrogens with zero attached hydrogens (tertiary/aromatic N) is 1. The first-order valence-electron chi connectivity index (χ1n) is 9.50. The zero-order valence-electron chi connectivity index (χ0n) is 15.0. The van der Waals surface area contributed by atoms with E-state index in [4.69, 9.17) is 0 Å². The molecule has 3 atom stereocenters. The van der Waals surface area contributed by atoms with Gasteiger partial charge in [-0.15, -0.1) is 0 Å². The first kappa shape index (κ1) is 17.3. The van der Waals surface area contributed by atoms with E-state index in [1.54, 1.807) is 0 Å². The summed E-state index contributed by atoms with van der Waals surface area (Å²) in [5.41, 5.74) is 0.553. The molecule has 2 fully saturated rings. The first-order valence-corrected chi connectivity index (χ1v) is 9.50. The van der Waals surface area contributed by atoms with Gasteiger partial charge >= 0.3 is 0 Å². The van der Waals surface area contributed by atoms with Gasteiger partial charge in [0.05, 0.1) is 0 Å². The molecule has 2 heteroatoms. The summed E-state index contributed by atoms with van der Waals surface area (Å²) >= 11 is 0. The van der Waals surface area contributed by atoms with Crippen LogP contribution in [-0.2, 0) is 0 Å². The molecule has 1 heterocycles. The molecule has 0 aromatic rings. The molecule has 0 radical (unpaired) electrons. The van der Waals surface area contributed by atoms with Crippen LogP contribution in [0, 0.1) is 17.3 Å². The maximum atomic E-state index is 3.84. The fraction of sp³-hybridized carbons (Fsp3) is 1.00. The van der Waals surface area contributed by atoms with Crippen molar-refractivity contribution in [3.63, 3.8) is 0 Å². The van der Waals surface area contributed by atoms with Crippen molar-refractivity contribution >= 4 is 0 Å². The van der Waals surface area contributed by atoms with Crippen LogP contribution < -0.4 is 5.32 Å². The van der Waals surface area contributed by atoms with Crippen LogP contribution in [0.25, 0.3) is 0 Å². The maximum absolute atomic E-state index is 3.84.